The molecule has 0 saturated carbocycles. The lowest BCUT2D eigenvalue weighted by Crippen LogP contribution is -2.37. The van der Waals surface area contributed by atoms with Gasteiger partial charge in [-0.3, -0.25) is 0 Å². The maximum Gasteiger partial charge on any atom is 0.208 e. The van der Waals surface area contributed by atoms with E-state index < -0.39 is 34.9 Å². The Labute approximate surface area is 258 Å². The van der Waals surface area contributed by atoms with Crippen LogP contribution in [0.15, 0.2) is 0 Å². The minimum absolute atomic E-state index is 0.120. The molecule has 4 unspecified atom stereocenters. The van der Waals surface area contributed by atoms with Crippen molar-refractivity contribution < 1.29 is 47.8 Å². The molecule has 0 aromatic rings. The van der Waals surface area contributed by atoms with Gasteiger partial charge in [0.25, 0.3) is 0 Å². The molecule has 1 aliphatic heterocycles. The molecule has 0 aliphatic carbocycles. The second kappa shape index (κ2) is 20.6. The SMILES string of the molecule is C#CCCCOCC(O)COCCOC(C)(C)COC1(C)NC1(F)CCOC(C)(C)CCOCC(O)COCCCC#C. The highest BCUT2D eigenvalue weighted by Crippen LogP contribution is 2.44. The Morgan fingerprint density at radius 2 is 1.23 bits per heavy atom. The molecule has 3 N–H and O–H groups in total. The molecule has 0 radical (unpaired) electrons. The van der Waals surface area contributed by atoms with Crippen LogP contribution in [0.2, 0.25) is 0 Å². The second-order valence-corrected chi connectivity index (χ2v) is 12.2. The van der Waals surface area contributed by atoms with Crippen LogP contribution < -0.4 is 5.32 Å². The Morgan fingerprint density at radius 3 is 1.77 bits per heavy atom. The first-order valence-electron chi connectivity index (χ1n) is 15.2. The molecule has 1 saturated heterocycles. The summed E-state index contributed by atoms with van der Waals surface area (Å²) in [6, 6.07) is 0. The number of alkyl halides is 1. The van der Waals surface area contributed by atoms with Gasteiger partial charge in [0.15, 0.2) is 5.72 Å². The molecule has 250 valence electrons. The Kier molecular flexibility index (Phi) is 19.0. The van der Waals surface area contributed by atoms with Gasteiger partial charge >= 0.3 is 0 Å². The molecule has 43 heavy (non-hydrogen) atoms. The maximum atomic E-state index is 15.3. The number of nitrogens with one attached hydrogen (secondary N) is 1. The van der Waals surface area contributed by atoms with Crippen LogP contribution in [0.3, 0.4) is 0 Å². The van der Waals surface area contributed by atoms with Gasteiger partial charge in [0.05, 0.1) is 64.1 Å². The van der Waals surface area contributed by atoms with Gasteiger partial charge in [0, 0.05) is 39.1 Å². The highest BCUT2D eigenvalue weighted by atomic mass is 19.2. The van der Waals surface area contributed by atoms with E-state index in [1.54, 1.807) is 6.92 Å². The molecule has 1 heterocycles. The molecule has 0 bridgehead atoms. The number of aliphatic hydroxyl groups excluding tert-OH is 2. The fraction of sp³-hybridized carbons (Fsp3) is 0.875. The third-order valence-electron chi connectivity index (χ3n) is 6.81. The minimum atomic E-state index is -1.71. The molecule has 0 spiro atoms. The summed E-state index contributed by atoms with van der Waals surface area (Å²) in [7, 11) is 0. The molecular weight excluding hydrogens is 561 g/mol. The lowest BCUT2D eigenvalue weighted by Gasteiger charge is -2.28. The van der Waals surface area contributed by atoms with Crippen LogP contribution in [0.25, 0.3) is 0 Å². The molecule has 1 rings (SSSR count). The van der Waals surface area contributed by atoms with Crippen molar-refractivity contribution in [1.29, 1.82) is 0 Å². The summed E-state index contributed by atoms with van der Waals surface area (Å²) in [6.45, 7) is 12.3. The normalized spacial score (nSPS) is 21.7. The van der Waals surface area contributed by atoms with E-state index in [0.717, 1.165) is 12.8 Å². The van der Waals surface area contributed by atoms with E-state index in [9.17, 15) is 10.2 Å². The first-order chi connectivity index (χ1) is 20.3. The highest BCUT2D eigenvalue weighted by molar-refractivity contribution is 5.12. The zero-order valence-corrected chi connectivity index (χ0v) is 27.0. The quantitative estimate of drug-likeness (QED) is 0.0522. The van der Waals surface area contributed by atoms with E-state index in [1.165, 1.54) is 0 Å². The third-order valence-corrected chi connectivity index (χ3v) is 6.81. The monoisotopic (exact) mass is 617 g/mol. The van der Waals surface area contributed by atoms with E-state index in [2.05, 4.69) is 17.2 Å². The number of halogens is 1. The average Bonchev–Trinajstić information content (AvgIpc) is 3.49. The molecular formula is C32H56FNO9. The van der Waals surface area contributed by atoms with Crippen molar-refractivity contribution in [2.24, 2.45) is 0 Å². The van der Waals surface area contributed by atoms with Crippen molar-refractivity contribution in [2.75, 3.05) is 72.7 Å². The van der Waals surface area contributed by atoms with Crippen molar-refractivity contribution in [3.05, 3.63) is 0 Å². The van der Waals surface area contributed by atoms with Gasteiger partial charge in [0.1, 0.15) is 12.2 Å². The number of unbranched alkanes of at least 4 members (excludes halogenated alkanes) is 2. The molecule has 0 amide bonds. The number of ether oxygens (including phenoxy) is 7. The summed E-state index contributed by atoms with van der Waals surface area (Å²) in [5, 5.41) is 22.6. The number of hydrogen-bond donors (Lipinski definition) is 3. The van der Waals surface area contributed by atoms with Gasteiger partial charge in [-0.15, -0.1) is 24.7 Å². The van der Waals surface area contributed by atoms with E-state index in [-0.39, 0.29) is 46.1 Å². The van der Waals surface area contributed by atoms with Crippen molar-refractivity contribution in [1.82, 2.24) is 5.32 Å². The van der Waals surface area contributed by atoms with Gasteiger partial charge in [-0.1, -0.05) is 0 Å². The van der Waals surface area contributed by atoms with Crippen LogP contribution in [0, 0.1) is 24.7 Å². The molecule has 0 aromatic carbocycles. The first-order valence-corrected chi connectivity index (χ1v) is 15.2. The summed E-state index contributed by atoms with van der Waals surface area (Å²) in [5.74, 6) is 3.37. The Morgan fingerprint density at radius 1 is 0.744 bits per heavy atom. The summed E-state index contributed by atoms with van der Waals surface area (Å²) in [4.78, 5) is 0. The first kappa shape index (κ1) is 39.7. The van der Waals surface area contributed by atoms with Gasteiger partial charge in [0.2, 0.25) is 5.79 Å². The van der Waals surface area contributed by atoms with Gasteiger partial charge in [-0.2, -0.15) is 0 Å². The van der Waals surface area contributed by atoms with E-state index >= 15 is 4.39 Å². The molecule has 4 atom stereocenters. The van der Waals surface area contributed by atoms with Crippen LogP contribution in [0.1, 0.15) is 73.1 Å². The summed E-state index contributed by atoms with van der Waals surface area (Å²) >= 11 is 0. The highest BCUT2D eigenvalue weighted by Gasteiger charge is 2.67. The Bertz CT molecular complexity index is 831. The zero-order chi connectivity index (χ0) is 32.2. The predicted molar refractivity (Wildman–Crippen MR) is 162 cm³/mol. The number of aliphatic hydroxyl groups is 2. The van der Waals surface area contributed by atoms with E-state index in [0.29, 0.717) is 52.3 Å². The van der Waals surface area contributed by atoms with Crippen molar-refractivity contribution in [3.63, 3.8) is 0 Å². The summed E-state index contributed by atoms with van der Waals surface area (Å²) in [5.41, 5.74) is -2.33. The number of terminal acetylenes is 2. The number of hydrogen-bond acceptors (Lipinski definition) is 10. The van der Waals surface area contributed by atoms with Crippen LogP contribution >= 0.6 is 0 Å². The van der Waals surface area contributed by atoms with Crippen LogP contribution in [0.4, 0.5) is 4.39 Å². The third kappa shape index (κ3) is 18.3. The molecule has 0 aromatic heterocycles. The Hall–Kier alpha value is -1.35. The van der Waals surface area contributed by atoms with E-state index in [4.69, 9.17) is 46.0 Å². The smallest absolute Gasteiger partial charge is 0.208 e. The zero-order valence-electron chi connectivity index (χ0n) is 27.0. The molecule has 11 heteroatoms. The molecule has 10 nitrogen and oxygen atoms in total. The van der Waals surface area contributed by atoms with Gasteiger partial charge < -0.3 is 43.4 Å². The van der Waals surface area contributed by atoms with E-state index in [1.807, 2.05) is 27.7 Å². The summed E-state index contributed by atoms with van der Waals surface area (Å²) in [6.07, 6.45) is 12.5. The lowest BCUT2D eigenvalue weighted by atomic mass is 10.1. The van der Waals surface area contributed by atoms with Crippen LogP contribution in [0.5, 0.6) is 0 Å². The van der Waals surface area contributed by atoms with Crippen molar-refractivity contribution in [3.8, 4) is 24.7 Å². The maximum absolute atomic E-state index is 15.3. The molecule has 1 aliphatic rings. The second-order valence-electron chi connectivity index (χ2n) is 12.2. The van der Waals surface area contributed by atoms with Crippen LogP contribution in [-0.4, -0.2) is 118 Å². The van der Waals surface area contributed by atoms with Gasteiger partial charge in [-0.25, -0.2) is 9.71 Å². The van der Waals surface area contributed by atoms with Crippen molar-refractivity contribution >= 4 is 0 Å². The standard InChI is InChI=1S/C32H56FNO9/c1-8-10-12-16-37-22-27(35)24-39-18-14-29(3,4)41-19-15-32(33)31(7,34-32)43-26-30(5,6)42-21-20-40-25-28(36)23-38-17-13-11-9-2/h1-2,27-28,34-36H,10-26H2,3-7H3. The largest absolute Gasteiger partial charge is 0.388 e. The average molecular weight is 618 g/mol. The van der Waals surface area contributed by atoms with Crippen molar-refractivity contribution in [2.45, 2.75) is 108 Å². The lowest BCUT2D eigenvalue weighted by molar-refractivity contribution is -0.124. The Balaban J connectivity index is 2.17. The topological polar surface area (TPSA) is 127 Å². The fourth-order valence-corrected chi connectivity index (χ4v) is 3.92. The van der Waals surface area contributed by atoms with Crippen LogP contribution in [-0.2, 0) is 33.2 Å². The number of rotatable bonds is 28. The predicted octanol–water partition coefficient (Wildman–Crippen LogP) is 2.97. The minimum Gasteiger partial charge on any atom is -0.388 e. The molecule has 1 fully saturated rings. The van der Waals surface area contributed by atoms with Gasteiger partial charge in [-0.05, 0) is 53.9 Å². The fourth-order valence-electron chi connectivity index (χ4n) is 3.92. The summed E-state index contributed by atoms with van der Waals surface area (Å²) < 4.78 is 54.7.